The molecule has 2 aliphatic rings. The van der Waals surface area contributed by atoms with Gasteiger partial charge >= 0.3 is 301 Å². The molecule has 0 spiro atoms. The van der Waals surface area contributed by atoms with Gasteiger partial charge in [-0.1, -0.05) is 0 Å². The Morgan fingerprint density at radius 3 is 1.29 bits per heavy atom. The van der Waals surface area contributed by atoms with Gasteiger partial charge in [0.2, 0.25) is 0 Å². The first kappa shape index (κ1) is 36.0. The molecular formula is C44H38Cl2S2Zr. The van der Waals surface area contributed by atoms with Gasteiger partial charge in [-0.15, -0.1) is 0 Å². The molecule has 2 unspecified atom stereocenters. The molecule has 0 bridgehead atoms. The Morgan fingerprint density at radius 2 is 0.918 bits per heavy atom. The first-order chi connectivity index (χ1) is 23.0. The zero-order valence-corrected chi connectivity index (χ0v) is 33.8. The smallest absolute Gasteiger partial charge is 1.00 e. The summed E-state index contributed by atoms with van der Waals surface area (Å²) in [5.41, 5.74) is 17.0. The predicted octanol–water partition coefficient (Wildman–Crippen LogP) is 6.87. The molecule has 6 aromatic rings. The largest absolute Gasteiger partial charge is 1.00 e. The van der Waals surface area contributed by atoms with Gasteiger partial charge in [-0.2, -0.15) is 0 Å². The number of benzene rings is 4. The van der Waals surface area contributed by atoms with Crippen molar-refractivity contribution in [2.75, 3.05) is 0 Å². The average Bonchev–Trinajstić information content (AvgIpc) is 3.91. The quantitative estimate of drug-likeness (QED) is 0.158. The summed E-state index contributed by atoms with van der Waals surface area (Å²) in [5.74, 6) is 0. The van der Waals surface area contributed by atoms with Crippen LogP contribution >= 0.6 is 22.7 Å². The molecule has 0 fully saturated rings. The van der Waals surface area contributed by atoms with Crippen LogP contribution in [0.5, 0.6) is 0 Å². The molecule has 0 nitrogen and oxygen atoms in total. The van der Waals surface area contributed by atoms with Crippen LogP contribution in [0.3, 0.4) is 0 Å². The fraction of sp³-hybridized carbons (Fsp3) is 0.182. The number of fused-ring (bicyclic) bond motifs is 2. The minimum Gasteiger partial charge on any atom is -1.00 e. The van der Waals surface area contributed by atoms with Crippen LogP contribution in [0, 0.1) is 13.8 Å². The maximum atomic E-state index is 2.57. The zero-order chi connectivity index (χ0) is 32.1. The van der Waals surface area contributed by atoms with Crippen LogP contribution in [-0.2, 0) is 36.1 Å². The maximum Gasteiger partial charge on any atom is -1.00 e. The fourth-order valence-corrected chi connectivity index (χ4v) is 14.7. The molecule has 0 amide bonds. The van der Waals surface area contributed by atoms with Gasteiger partial charge in [-0.05, 0) is 0 Å². The van der Waals surface area contributed by atoms with Crippen molar-refractivity contribution < 1.29 is 48.0 Å². The molecule has 2 atom stereocenters. The minimum absolute atomic E-state index is 0. The second-order valence-electron chi connectivity index (χ2n) is 12.8. The van der Waals surface area contributed by atoms with Crippen molar-refractivity contribution in [2.24, 2.45) is 0 Å². The van der Waals surface area contributed by atoms with E-state index >= 15 is 0 Å². The van der Waals surface area contributed by atoms with Crippen LogP contribution < -0.4 is 24.8 Å². The summed E-state index contributed by atoms with van der Waals surface area (Å²) in [6.45, 7) is 8.91. The molecule has 0 saturated carbocycles. The van der Waals surface area contributed by atoms with Gasteiger partial charge in [0.15, 0.2) is 0 Å². The van der Waals surface area contributed by atoms with Gasteiger partial charge in [-0.3, -0.25) is 0 Å². The van der Waals surface area contributed by atoms with E-state index < -0.39 is 23.2 Å². The molecule has 2 heterocycles. The summed E-state index contributed by atoms with van der Waals surface area (Å²) in [4.78, 5) is 5.86. The third-order valence-electron chi connectivity index (χ3n) is 9.77. The van der Waals surface area contributed by atoms with E-state index in [1.165, 1.54) is 64.0 Å². The molecule has 0 N–H and O–H groups in total. The molecule has 4 aromatic carbocycles. The number of rotatable bonds is 8. The summed E-state index contributed by atoms with van der Waals surface area (Å²) in [7, 11) is 0. The van der Waals surface area contributed by atoms with Gasteiger partial charge < -0.3 is 24.8 Å². The van der Waals surface area contributed by atoms with E-state index in [9.17, 15) is 0 Å². The van der Waals surface area contributed by atoms with Crippen LogP contribution in [0.25, 0.3) is 45.6 Å². The first-order valence-electron chi connectivity index (χ1n) is 16.8. The fourth-order valence-electron chi connectivity index (χ4n) is 7.17. The summed E-state index contributed by atoms with van der Waals surface area (Å²) in [5, 5.41) is 0. The van der Waals surface area contributed by atoms with E-state index in [-0.39, 0.29) is 24.8 Å². The third kappa shape index (κ3) is 6.83. The number of halogens is 2. The van der Waals surface area contributed by atoms with Crippen molar-refractivity contribution in [1.29, 1.82) is 0 Å². The van der Waals surface area contributed by atoms with Crippen molar-refractivity contribution in [3.63, 3.8) is 0 Å². The summed E-state index contributed by atoms with van der Waals surface area (Å²) >= 11 is 2.84. The molecule has 49 heavy (non-hydrogen) atoms. The Hall–Kier alpha value is -2.78. The van der Waals surface area contributed by atoms with Crippen LogP contribution in [-0.4, -0.2) is 0 Å². The predicted molar refractivity (Wildman–Crippen MR) is 202 cm³/mol. The second-order valence-corrected chi connectivity index (χ2v) is 18.8. The first-order valence-corrected chi connectivity index (χ1v) is 21.2. The molecule has 0 saturated heterocycles. The normalized spacial score (nSPS) is 15.8. The van der Waals surface area contributed by atoms with Crippen LogP contribution in [0.4, 0.5) is 0 Å². The van der Waals surface area contributed by atoms with Crippen molar-refractivity contribution in [1.82, 2.24) is 0 Å². The van der Waals surface area contributed by atoms with Gasteiger partial charge in [0.25, 0.3) is 0 Å². The number of allylic oxidation sites excluding steroid dienone is 2. The molecule has 8 rings (SSSR count). The summed E-state index contributed by atoms with van der Waals surface area (Å²) in [6.07, 6.45) is 7.33. The molecule has 0 radical (unpaired) electrons. The SMILES string of the molecule is CCc1ccc(C2=Cc3c(-c4ccc(C)cc4)cccc3[CH]2[Zr+2][CH]2C(c3ccc(CC)s3)=Cc3c(-c4ccc(C)cc4)cccc32)s1.[Cl-].[Cl-]. The van der Waals surface area contributed by atoms with Crippen LogP contribution in [0.2, 0.25) is 0 Å². The van der Waals surface area contributed by atoms with Gasteiger partial charge in [0.05, 0.1) is 0 Å². The molecule has 0 aliphatic heterocycles. The van der Waals surface area contributed by atoms with Crippen molar-refractivity contribution >= 4 is 46.0 Å². The van der Waals surface area contributed by atoms with Gasteiger partial charge in [0.1, 0.15) is 0 Å². The van der Waals surface area contributed by atoms with Gasteiger partial charge in [-0.25, -0.2) is 0 Å². The van der Waals surface area contributed by atoms with Crippen molar-refractivity contribution in [3.05, 3.63) is 162 Å². The zero-order valence-electron chi connectivity index (χ0n) is 28.2. The van der Waals surface area contributed by atoms with Crippen LogP contribution in [0.1, 0.15) is 74.0 Å². The van der Waals surface area contributed by atoms with Crippen LogP contribution in [0.15, 0.2) is 109 Å². The number of hydrogen-bond acceptors (Lipinski definition) is 2. The number of thiophene rings is 2. The van der Waals surface area contributed by atoms with E-state index in [4.69, 9.17) is 0 Å². The van der Waals surface area contributed by atoms with Crippen molar-refractivity contribution in [3.8, 4) is 22.3 Å². The Balaban J connectivity index is 0.00000208. The number of aryl methyl sites for hydroxylation is 4. The number of hydrogen-bond donors (Lipinski definition) is 0. The molecule has 2 aromatic heterocycles. The van der Waals surface area contributed by atoms with E-state index in [2.05, 4.69) is 149 Å². The molecular weight excluding hydrogens is 755 g/mol. The summed E-state index contributed by atoms with van der Waals surface area (Å²) < 4.78 is 0.964. The Bertz CT molecular complexity index is 2010. The Labute approximate surface area is 323 Å². The third-order valence-corrected chi connectivity index (χ3v) is 17.0. The Morgan fingerprint density at radius 1 is 0.510 bits per heavy atom. The van der Waals surface area contributed by atoms with Crippen molar-refractivity contribution in [2.45, 2.75) is 47.8 Å². The van der Waals surface area contributed by atoms with Gasteiger partial charge in [0, 0.05) is 0 Å². The molecule has 2 aliphatic carbocycles. The standard InChI is InChI=1S/2C22H19S.2ClH.Zr/c2*1-3-19-11-12-22(23-19)18-13-17-5-4-6-20(21(17)14-18)16-9-7-15(2)8-10-16;;;/h2*4-14H,3H2,1-2H3;2*1H;/q;;;;+2/p-2. The van der Waals surface area contributed by atoms with E-state index in [0.717, 1.165) is 12.8 Å². The average molecular weight is 793 g/mol. The van der Waals surface area contributed by atoms with E-state index in [0.29, 0.717) is 7.25 Å². The monoisotopic (exact) mass is 790 g/mol. The molecule has 5 heteroatoms. The van der Waals surface area contributed by atoms with E-state index in [1.807, 2.05) is 22.7 Å². The Kier molecular flexibility index (Phi) is 11.2. The minimum atomic E-state index is -1.16. The topological polar surface area (TPSA) is 0 Å². The summed E-state index contributed by atoms with van der Waals surface area (Å²) in [6, 6.07) is 41.9. The van der Waals surface area contributed by atoms with E-state index in [1.54, 1.807) is 22.3 Å². The molecule has 244 valence electrons. The second kappa shape index (κ2) is 15.2. The maximum absolute atomic E-state index is 2.57.